The molecule has 1 atom stereocenters. The molecule has 0 amide bonds. The maximum absolute atomic E-state index is 8.59. The Balaban J connectivity index is 1.86. The smallest absolute Gasteiger partial charge is 0.140 e. The Bertz CT molecular complexity index is 303. The van der Waals surface area contributed by atoms with Crippen LogP contribution >= 0.6 is 0 Å². The van der Waals surface area contributed by atoms with Crippen molar-refractivity contribution < 1.29 is 9.94 Å². The van der Waals surface area contributed by atoms with Gasteiger partial charge < -0.3 is 20.6 Å². The summed E-state index contributed by atoms with van der Waals surface area (Å²) in [5.74, 6) is 0.318. The van der Waals surface area contributed by atoms with E-state index in [9.17, 15) is 0 Å². The molecule has 2 rings (SSSR count). The number of hydrogen-bond donors (Lipinski definition) is 2. The molecule has 2 fully saturated rings. The molecule has 5 heteroatoms. The summed E-state index contributed by atoms with van der Waals surface area (Å²) < 4.78 is 5.96. The number of oxime groups is 1. The van der Waals surface area contributed by atoms with Crippen molar-refractivity contribution in [2.24, 2.45) is 10.9 Å². The van der Waals surface area contributed by atoms with Gasteiger partial charge in [-0.3, -0.25) is 0 Å². The number of rotatable bonds is 5. The van der Waals surface area contributed by atoms with Crippen LogP contribution in [0.4, 0.5) is 0 Å². The monoisotopic (exact) mass is 255 g/mol. The number of amidine groups is 1. The lowest BCUT2D eigenvalue weighted by Crippen LogP contribution is -2.52. The Morgan fingerprint density at radius 3 is 2.89 bits per heavy atom. The summed E-state index contributed by atoms with van der Waals surface area (Å²) in [4.78, 5) is 2.45. The Morgan fingerprint density at radius 2 is 2.33 bits per heavy atom. The Labute approximate surface area is 109 Å². The highest BCUT2D eigenvalue weighted by atomic mass is 16.5. The minimum Gasteiger partial charge on any atom is -0.409 e. The summed E-state index contributed by atoms with van der Waals surface area (Å²) >= 11 is 0. The Kier molecular flexibility index (Phi) is 4.45. The van der Waals surface area contributed by atoms with E-state index >= 15 is 0 Å². The molecular weight excluding hydrogens is 230 g/mol. The summed E-state index contributed by atoms with van der Waals surface area (Å²) in [6, 6.07) is 0.593. The predicted octanol–water partition coefficient (Wildman–Crippen LogP) is 1.55. The maximum Gasteiger partial charge on any atom is 0.140 e. The van der Waals surface area contributed by atoms with Crippen LogP contribution in [0.25, 0.3) is 0 Å². The molecule has 5 nitrogen and oxygen atoms in total. The average Bonchev–Trinajstić information content (AvgIpc) is 2.37. The fourth-order valence-electron chi connectivity index (χ4n) is 3.14. The van der Waals surface area contributed by atoms with Crippen molar-refractivity contribution in [2.45, 2.75) is 57.1 Å². The molecule has 1 spiro atoms. The van der Waals surface area contributed by atoms with Gasteiger partial charge in [0.2, 0.25) is 0 Å². The molecule has 1 aliphatic heterocycles. The van der Waals surface area contributed by atoms with Gasteiger partial charge in [0.15, 0.2) is 0 Å². The number of hydrogen-bond acceptors (Lipinski definition) is 4. The highest BCUT2D eigenvalue weighted by Gasteiger charge is 2.43. The average molecular weight is 255 g/mol. The zero-order chi connectivity index (χ0) is 13.0. The standard InChI is InChI=1S/C13H25N3O2/c1-2-16(8-4-12(14)15-17)11-5-9-18-13(10-11)6-3-7-13/h11,17H,2-10H2,1H3,(H2,14,15). The van der Waals surface area contributed by atoms with E-state index in [1.807, 2.05) is 0 Å². The first-order valence-corrected chi connectivity index (χ1v) is 7.03. The molecule has 1 unspecified atom stereocenters. The highest BCUT2D eigenvalue weighted by Crippen LogP contribution is 2.43. The molecule has 0 aromatic carbocycles. The lowest BCUT2D eigenvalue weighted by Gasteiger charge is -2.49. The lowest BCUT2D eigenvalue weighted by atomic mass is 9.73. The first kappa shape index (κ1) is 13.6. The summed E-state index contributed by atoms with van der Waals surface area (Å²) in [5.41, 5.74) is 5.73. The molecule has 1 heterocycles. The molecule has 3 N–H and O–H groups in total. The molecule has 0 bridgehead atoms. The molecule has 0 aromatic heterocycles. The summed E-state index contributed by atoms with van der Waals surface area (Å²) in [5, 5.41) is 11.6. The minimum absolute atomic E-state index is 0.187. The van der Waals surface area contributed by atoms with E-state index in [0.29, 0.717) is 18.3 Å². The van der Waals surface area contributed by atoms with Gasteiger partial charge in [-0.05, 0) is 38.6 Å². The third kappa shape index (κ3) is 2.95. The SMILES string of the molecule is CCN(CCC(N)=NO)C1CCOC2(CCC2)C1. The normalized spacial score (nSPS) is 27.4. The van der Waals surface area contributed by atoms with Gasteiger partial charge in [-0.2, -0.15) is 0 Å². The van der Waals surface area contributed by atoms with Crippen LogP contribution in [0.5, 0.6) is 0 Å². The van der Waals surface area contributed by atoms with Gasteiger partial charge in [0.25, 0.3) is 0 Å². The third-order valence-electron chi connectivity index (χ3n) is 4.44. The molecule has 1 aliphatic carbocycles. The lowest BCUT2D eigenvalue weighted by molar-refractivity contribution is -0.148. The topological polar surface area (TPSA) is 71.1 Å². The molecule has 104 valence electrons. The van der Waals surface area contributed by atoms with Crippen LogP contribution in [-0.4, -0.2) is 47.3 Å². The van der Waals surface area contributed by atoms with Gasteiger partial charge in [0, 0.05) is 25.6 Å². The summed E-state index contributed by atoms with van der Waals surface area (Å²) in [6.45, 7) is 4.94. The molecule has 2 aliphatic rings. The number of nitrogens with two attached hydrogens (primary N) is 1. The van der Waals surface area contributed by atoms with Crippen LogP contribution in [0.3, 0.4) is 0 Å². The van der Waals surface area contributed by atoms with Crippen LogP contribution in [-0.2, 0) is 4.74 Å². The van der Waals surface area contributed by atoms with E-state index in [4.69, 9.17) is 15.7 Å². The fraction of sp³-hybridized carbons (Fsp3) is 0.923. The van der Waals surface area contributed by atoms with E-state index in [1.54, 1.807) is 0 Å². The number of ether oxygens (including phenoxy) is 1. The largest absolute Gasteiger partial charge is 0.409 e. The van der Waals surface area contributed by atoms with Crippen molar-refractivity contribution in [1.82, 2.24) is 4.90 Å². The second kappa shape index (κ2) is 5.89. The second-order valence-electron chi connectivity index (χ2n) is 5.50. The predicted molar refractivity (Wildman–Crippen MR) is 70.8 cm³/mol. The first-order chi connectivity index (χ1) is 8.69. The molecule has 1 saturated carbocycles. The van der Waals surface area contributed by atoms with E-state index in [2.05, 4.69) is 17.0 Å². The van der Waals surface area contributed by atoms with E-state index in [1.165, 1.54) is 19.3 Å². The maximum atomic E-state index is 8.59. The van der Waals surface area contributed by atoms with Gasteiger partial charge in [-0.15, -0.1) is 0 Å². The van der Waals surface area contributed by atoms with Crippen molar-refractivity contribution in [2.75, 3.05) is 19.7 Å². The second-order valence-corrected chi connectivity index (χ2v) is 5.50. The van der Waals surface area contributed by atoms with Crippen molar-refractivity contribution in [3.8, 4) is 0 Å². The van der Waals surface area contributed by atoms with E-state index in [0.717, 1.165) is 32.5 Å². The van der Waals surface area contributed by atoms with Gasteiger partial charge >= 0.3 is 0 Å². The zero-order valence-corrected chi connectivity index (χ0v) is 11.3. The fourth-order valence-corrected chi connectivity index (χ4v) is 3.14. The van der Waals surface area contributed by atoms with E-state index in [-0.39, 0.29) is 5.60 Å². The minimum atomic E-state index is 0.187. The van der Waals surface area contributed by atoms with Crippen LogP contribution in [0.15, 0.2) is 5.16 Å². The molecule has 18 heavy (non-hydrogen) atoms. The van der Waals surface area contributed by atoms with E-state index < -0.39 is 0 Å². The molecule has 1 saturated heterocycles. The van der Waals surface area contributed by atoms with Crippen molar-refractivity contribution in [3.05, 3.63) is 0 Å². The third-order valence-corrected chi connectivity index (χ3v) is 4.44. The summed E-state index contributed by atoms with van der Waals surface area (Å²) in [6.07, 6.45) is 6.64. The summed E-state index contributed by atoms with van der Waals surface area (Å²) in [7, 11) is 0. The first-order valence-electron chi connectivity index (χ1n) is 7.03. The van der Waals surface area contributed by atoms with Crippen LogP contribution in [0.2, 0.25) is 0 Å². The van der Waals surface area contributed by atoms with Crippen LogP contribution in [0, 0.1) is 0 Å². The van der Waals surface area contributed by atoms with Gasteiger partial charge in [-0.1, -0.05) is 12.1 Å². The van der Waals surface area contributed by atoms with Crippen molar-refractivity contribution >= 4 is 5.84 Å². The van der Waals surface area contributed by atoms with Gasteiger partial charge in [0.05, 0.1) is 5.60 Å². The molecule has 0 radical (unpaired) electrons. The van der Waals surface area contributed by atoms with Crippen molar-refractivity contribution in [1.29, 1.82) is 0 Å². The van der Waals surface area contributed by atoms with Crippen molar-refractivity contribution in [3.63, 3.8) is 0 Å². The molecule has 0 aromatic rings. The van der Waals surface area contributed by atoms with Gasteiger partial charge in [0.1, 0.15) is 5.84 Å². The Morgan fingerprint density at radius 1 is 1.56 bits per heavy atom. The van der Waals surface area contributed by atoms with Crippen LogP contribution < -0.4 is 5.73 Å². The Hall–Kier alpha value is -0.810. The molecular formula is C13H25N3O2. The van der Waals surface area contributed by atoms with Crippen LogP contribution in [0.1, 0.15) is 45.4 Å². The number of nitrogens with zero attached hydrogens (tertiary/aromatic N) is 2. The van der Waals surface area contributed by atoms with Gasteiger partial charge in [-0.25, -0.2) is 0 Å². The highest BCUT2D eigenvalue weighted by molar-refractivity contribution is 5.79. The quantitative estimate of drug-likeness (QED) is 0.338. The zero-order valence-electron chi connectivity index (χ0n) is 11.3.